The molecule has 0 aromatic carbocycles. The summed E-state index contributed by atoms with van der Waals surface area (Å²) in [6.07, 6.45) is 105. The number of ether oxygens (including phenoxy) is 2. The summed E-state index contributed by atoms with van der Waals surface area (Å²) in [6, 6.07) is 0. The molecule has 82 heavy (non-hydrogen) atoms. The molecule has 0 bridgehead atoms. The lowest BCUT2D eigenvalue weighted by atomic mass is 10.0. The lowest BCUT2D eigenvalue weighted by molar-refractivity contribution is -0.161. The summed E-state index contributed by atoms with van der Waals surface area (Å²) in [5.41, 5.74) is 0. The van der Waals surface area contributed by atoms with Crippen LogP contribution in [0.1, 0.15) is 335 Å². The summed E-state index contributed by atoms with van der Waals surface area (Å²) >= 11 is 0. The van der Waals surface area contributed by atoms with Crippen molar-refractivity contribution < 1.29 is 24.2 Å². The molecule has 1 atom stereocenters. The molecular weight excluding hydrogens is 1000 g/mol. The summed E-state index contributed by atoms with van der Waals surface area (Å²) in [4.78, 5) is 24.7. The monoisotopic (exact) mass is 1140 g/mol. The Hall–Kier alpha value is -3.70. The molecule has 0 heterocycles. The predicted molar refractivity (Wildman–Crippen MR) is 362 cm³/mol. The Bertz CT molecular complexity index is 1620. The molecule has 5 nitrogen and oxygen atoms in total. The van der Waals surface area contributed by atoms with Gasteiger partial charge in [-0.25, -0.2) is 0 Å². The molecule has 1 N–H and O–H groups in total. The Morgan fingerprint density at radius 2 is 0.488 bits per heavy atom. The van der Waals surface area contributed by atoms with Gasteiger partial charge in [-0.1, -0.05) is 341 Å². The molecule has 0 fully saturated rings. The first-order valence-electron chi connectivity index (χ1n) is 35.1. The lowest BCUT2D eigenvalue weighted by Gasteiger charge is -2.15. The highest BCUT2D eigenvalue weighted by molar-refractivity contribution is 5.70. The minimum atomic E-state index is -0.778. The number of esters is 2. The molecule has 0 saturated heterocycles. The van der Waals surface area contributed by atoms with Gasteiger partial charge in [0.05, 0.1) is 6.61 Å². The minimum Gasteiger partial charge on any atom is -0.462 e. The lowest BCUT2D eigenvalue weighted by Crippen LogP contribution is -2.28. The van der Waals surface area contributed by atoms with E-state index >= 15 is 0 Å². The van der Waals surface area contributed by atoms with E-state index in [1.54, 1.807) is 0 Å². The van der Waals surface area contributed by atoms with Crippen LogP contribution >= 0.6 is 0 Å². The Balaban J connectivity index is 3.45. The molecule has 0 aliphatic rings. The van der Waals surface area contributed by atoms with Crippen molar-refractivity contribution in [3.05, 3.63) is 122 Å². The molecule has 0 aliphatic heterocycles. The zero-order chi connectivity index (χ0) is 59.1. The van der Waals surface area contributed by atoms with Crippen molar-refractivity contribution in [3.63, 3.8) is 0 Å². The second kappa shape index (κ2) is 71.6. The molecule has 1 unspecified atom stereocenters. The van der Waals surface area contributed by atoms with Crippen molar-refractivity contribution in [2.24, 2.45) is 0 Å². The Kier molecular flexibility index (Phi) is 68.3. The maximum absolute atomic E-state index is 12.4. The maximum atomic E-state index is 12.4. The van der Waals surface area contributed by atoms with Crippen LogP contribution in [0.2, 0.25) is 0 Å². The fourth-order valence-corrected chi connectivity index (χ4v) is 10.1. The highest BCUT2D eigenvalue weighted by Gasteiger charge is 2.16. The van der Waals surface area contributed by atoms with Gasteiger partial charge in [-0.15, -0.1) is 0 Å². The van der Waals surface area contributed by atoms with Gasteiger partial charge in [0.2, 0.25) is 0 Å². The highest BCUT2D eigenvalue weighted by atomic mass is 16.6. The third-order valence-corrected chi connectivity index (χ3v) is 15.3. The van der Waals surface area contributed by atoms with Gasteiger partial charge in [0.1, 0.15) is 6.61 Å². The summed E-state index contributed by atoms with van der Waals surface area (Å²) in [5, 5.41) is 9.71. The van der Waals surface area contributed by atoms with Crippen molar-refractivity contribution in [3.8, 4) is 0 Å². The van der Waals surface area contributed by atoms with Gasteiger partial charge in [-0.3, -0.25) is 9.59 Å². The van der Waals surface area contributed by atoms with E-state index in [0.29, 0.717) is 12.8 Å². The van der Waals surface area contributed by atoms with Crippen molar-refractivity contribution in [1.82, 2.24) is 0 Å². The molecule has 0 radical (unpaired) electrons. The number of carbonyl (C=O) groups excluding carboxylic acids is 2. The summed E-state index contributed by atoms with van der Waals surface area (Å²) in [7, 11) is 0. The van der Waals surface area contributed by atoms with Crippen molar-refractivity contribution in [2.75, 3.05) is 13.2 Å². The zero-order valence-corrected chi connectivity index (χ0v) is 54.0. The molecule has 470 valence electrons. The fraction of sp³-hybridized carbons (Fsp3) is 0.714. The quantitative estimate of drug-likeness (QED) is 0.0373. The van der Waals surface area contributed by atoms with E-state index in [9.17, 15) is 14.7 Å². The van der Waals surface area contributed by atoms with Gasteiger partial charge in [0.15, 0.2) is 6.10 Å². The van der Waals surface area contributed by atoms with E-state index in [0.717, 1.165) is 103 Å². The maximum Gasteiger partial charge on any atom is 0.306 e. The number of aliphatic hydroxyl groups excluding tert-OH is 1. The van der Waals surface area contributed by atoms with Crippen LogP contribution < -0.4 is 0 Å². The third-order valence-electron chi connectivity index (χ3n) is 15.3. The van der Waals surface area contributed by atoms with Crippen LogP contribution in [-0.4, -0.2) is 36.4 Å². The van der Waals surface area contributed by atoms with E-state index in [2.05, 4.69) is 135 Å². The normalized spacial score (nSPS) is 13.0. The molecular formula is C77H132O5. The minimum absolute atomic E-state index is 0.0668. The van der Waals surface area contributed by atoms with Crippen molar-refractivity contribution in [1.29, 1.82) is 0 Å². The molecule has 0 aromatic rings. The second-order valence-corrected chi connectivity index (χ2v) is 23.2. The van der Waals surface area contributed by atoms with Crippen molar-refractivity contribution in [2.45, 2.75) is 341 Å². The topological polar surface area (TPSA) is 72.8 Å². The third kappa shape index (κ3) is 68.8. The van der Waals surface area contributed by atoms with Crippen LogP contribution in [0, 0.1) is 0 Å². The van der Waals surface area contributed by atoms with Crippen LogP contribution in [-0.2, 0) is 19.1 Å². The Labute approximate surface area is 509 Å². The molecule has 0 spiro atoms. The van der Waals surface area contributed by atoms with Gasteiger partial charge >= 0.3 is 11.9 Å². The molecule has 0 amide bonds. The average Bonchev–Trinajstić information content (AvgIpc) is 3.49. The molecule has 0 aliphatic carbocycles. The number of carbonyl (C=O) groups is 2. The van der Waals surface area contributed by atoms with Crippen molar-refractivity contribution >= 4 is 11.9 Å². The van der Waals surface area contributed by atoms with Gasteiger partial charge < -0.3 is 14.6 Å². The number of hydrogen-bond donors (Lipinski definition) is 1. The van der Waals surface area contributed by atoms with Crippen LogP contribution in [0.5, 0.6) is 0 Å². The van der Waals surface area contributed by atoms with Gasteiger partial charge in [-0.05, 0) is 103 Å². The number of rotatable bonds is 64. The largest absolute Gasteiger partial charge is 0.462 e. The van der Waals surface area contributed by atoms with E-state index < -0.39 is 6.10 Å². The highest BCUT2D eigenvalue weighted by Crippen LogP contribution is 2.18. The van der Waals surface area contributed by atoms with E-state index in [1.165, 1.54) is 205 Å². The molecule has 5 heteroatoms. The van der Waals surface area contributed by atoms with Crippen LogP contribution in [0.15, 0.2) is 122 Å². The van der Waals surface area contributed by atoms with E-state index in [-0.39, 0.29) is 25.2 Å². The standard InChI is InChI=1S/C77H132O5/c1-3-5-7-9-11-13-15-17-19-21-23-25-27-29-31-33-35-37-38-40-41-43-45-47-49-51-53-55-57-59-61-63-65-67-69-71-76(79)81-74-75(73-78)82-77(80)72-70-68-66-64-62-60-58-56-54-52-50-48-46-44-42-39-36-34-32-30-28-26-24-22-20-18-16-14-12-10-8-6-4-2/h5-8,11-14,17-20,23-26,30,32,36,39,75,78H,3-4,9-10,15-16,21-22,27-29,31,33-35,37-38,40-74H2,1-2H3/b7-5-,8-6-,13-11-,14-12-,19-17-,20-18-,25-23-,26-24-,32-30-,39-36-. The van der Waals surface area contributed by atoms with Gasteiger partial charge in [0, 0.05) is 12.8 Å². The van der Waals surface area contributed by atoms with Crippen LogP contribution in [0.3, 0.4) is 0 Å². The molecule has 0 saturated carbocycles. The first-order chi connectivity index (χ1) is 40.6. The van der Waals surface area contributed by atoms with Gasteiger partial charge in [0.25, 0.3) is 0 Å². The molecule has 0 aromatic heterocycles. The predicted octanol–water partition coefficient (Wildman–Crippen LogP) is 24.5. The number of hydrogen-bond acceptors (Lipinski definition) is 5. The Morgan fingerprint density at radius 1 is 0.280 bits per heavy atom. The van der Waals surface area contributed by atoms with E-state index in [4.69, 9.17) is 9.47 Å². The summed E-state index contributed by atoms with van der Waals surface area (Å²) in [5.74, 6) is -0.580. The number of allylic oxidation sites excluding steroid dienone is 20. The van der Waals surface area contributed by atoms with Crippen LogP contribution in [0.25, 0.3) is 0 Å². The first kappa shape index (κ1) is 78.3. The second-order valence-electron chi connectivity index (χ2n) is 23.2. The smallest absolute Gasteiger partial charge is 0.306 e. The molecule has 0 rings (SSSR count). The summed E-state index contributed by atoms with van der Waals surface area (Å²) in [6.45, 7) is 3.94. The van der Waals surface area contributed by atoms with E-state index in [1.807, 2.05) is 0 Å². The Morgan fingerprint density at radius 3 is 0.732 bits per heavy atom. The fourth-order valence-electron chi connectivity index (χ4n) is 10.1. The van der Waals surface area contributed by atoms with Crippen LogP contribution in [0.4, 0.5) is 0 Å². The van der Waals surface area contributed by atoms with Gasteiger partial charge in [-0.2, -0.15) is 0 Å². The SMILES string of the molecule is CC/C=C\C/C=C\C/C=C\C/C=C\C/C=C\C/C=C\CCCCCCCCCCCCCCCCC(=O)OC(CO)COC(=O)CCCCCCCCCCCCCCCCCCCCCCCC/C=C\C/C=C\C/C=C\C/C=C\CC. The first-order valence-corrected chi connectivity index (χ1v) is 35.1. The average molecular weight is 1140 g/mol. The summed E-state index contributed by atoms with van der Waals surface area (Å²) < 4.78 is 10.8. The zero-order valence-electron chi connectivity index (χ0n) is 54.0. The number of unbranched alkanes of at least 4 members (excludes halogenated alkanes) is 36. The number of aliphatic hydroxyl groups is 1.